The molecule has 0 aliphatic heterocycles. The van der Waals surface area contributed by atoms with Crippen LogP contribution in [0.15, 0.2) is 0 Å². The van der Waals surface area contributed by atoms with Crippen molar-refractivity contribution >= 4 is 17.3 Å². The van der Waals surface area contributed by atoms with Crippen LogP contribution in [-0.2, 0) is 0 Å². The molecule has 0 aromatic carbocycles. The minimum Gasteiger partial charge on any atom is -0.362 e. The SMILES string of the molecule is CC(C)CNC(=S)NC(CN(C)C)C(C)C. The third-order valence-corrected chi connectivity index (χ3v) is 2.62. The lowest BCUT2D eigenvalue weighted by Crippen LogP contribution is -2.49. The van der Waals surface area contributed by atoms with Gasteiger partial charge in [0.15, 0.2) is 5.11 Å². The summed E-state index contributed by atoms with van der Waals surface area (Å²) in [5.41, 5.74) is 0. The number of nitrogens with zero attached hydrogens (tertiary/aromatic N) is 1. The Labute approximate surface area is 106 Å². The summed E-state index contributed by atoms with van der Waals surface area (Å²) in [5, 5.41) is 7.40. The Bertz CT molecular complexity index is 202. The minimum absolute atomic E-state index is 0.405. The van der Waals surface area contributed by atoms with Crippen molar-refractivity contribution in [3.63, 3.8) is 0 Å². The molecule has 0 radical (unpaired) electrons. The predicted octanol–water partition coefficient (Wildman–Crippen LogP) is 1.69. The van der Waals surface area contributed by atoms with Crippen molar-refractivity contribution in [2.24, 2.45) is 11.8 Å². The van der Waals surface area contributed by atoms with Gasteiger partial charge in [0, 0.05) is 19.1 Å². The van der Waals surface area contributed by atoms with Crippen LogP contribution in [0.1, 0.15) is 27.7 Å². The van der Waals surface area contributed by atoms with Gasteiger partial charge in [-0.05, 0) is 38.1 Å². The molecule has 0 aliphatic carbocycles. The molecule has 1 unspecified atom stereocenters. The van der Waals surface area contributed by atoms with E-state index in [1.807, 2.05) is 0 Å². The lowest BCUT2D eigenvalue weighted by Gasteiger charge is -2.27. The van der Waals surface area contributed by atoms with Crippen LogP contribution < -0.4 is 10.6 Å². The average molecular weight is 245 g/mol. The molecule has 0 saturated carbocycles. The maximum absolute atomic E-state index is 5.28. The van der Waals surface area contributed by atoms with Gasteiger partial charge < -0.3 is 15.5 Å². The van der Waals surface area contributed by atoms with Gasteiger partial charge in [-0.3, -0.25) is 0 Å². The predicted molar refractivity (Wildman–Crippen MR) is 75.8 cm³/mol. The molecule has 0 aromatic heterocycles. The normalized spacial score (nSPS) is 13.3. The summed E-state index contributed by atoms with van der Waals surface area (Å²) < 4.78 is 0. The number of hydrogen-bond donors (Lipinski definition) is 2. The molecule has 0 rings (SSSR count). The monoisotopic (exact) mass is 245 g/mol. The first kappa shape index (κ1) is 15.7. The first-order valence-corrected chi connectivity index (χ1v) is 6.42. The third kappa shape index (κ3) is 7.88. The van der Waals surface area contributed by atoms with Crippen LogP contribution in [0.25, 0.3) is 0 Å². The van der Waals surface area contributed by atoms with Gasteiger partial charge in [0.1, 0.15) is 0 Å². The molecule has 0 saturated heterocycles. The molecule has 4 heteroatoms. The number of nitrogens with one attached hydrogen (secondary N) is 2. The molecule has 1 atom stereocenters. The van der Waals surface area contributed by atoms with Crippen LogP contribution in [0.3, 0.4) is 0 Å². The summed E-state index contributed by atoms with van der Waals surface area (Å²) in [6, 6.07) is 0.405. The maximum Gasteiger partial charge on any atom is 0.166 e. The number of thiocarbonyl (C=S) groups is 1. The quantitative estimate of drug-likeness (QED) is 0.697. The van der Waals surface area contributed by atoms with E-state index < -0.39 is 0 Å². The van der Waals surface area contributed by atoms with Crippen LogP contribution in [0.2, 0.25) is 0 Å². The van der Waals surface area contributed by atoms with Gasteiger partial charge in [-0.15, -0.1) is 0 Å². The highest BCUT2D eigenvalue weighted by Gasteiger charge is 2.15. The van der Waals surface area contributed by atoms with Crippen molar-refractivity contribution in [2.45, 2.75) is 33.7 Å². The zero-order valence-electron chi connectivity index (χ0n) is 11.5. The van der Waals surface area contributed by atoms with Crippen molar-refractivity contribution in [2.75, 3.05) is 27.2 Å². The Hall–Kier alpha value is -0.350. The van der Waals surface area contributed by atoms with Crippen molar-refractivity contribution in [1.29, 1.82) is 0 Å². The van der Waals surface area contributed by atoms with Gasteiger partial charge in [-0.25, -0.2) is 0 Å². The molecular weight excluding hydrogens is 218 g/mol. The lowest BCUT2D eigenvalue weighted by atomic mass is 10.0. The molecule has 96 valence electrons. The van der Waals surface area contributed by atoms with Gasteiger partial charge in [-0.2, -0.15) is 0 Å². The molecular formula is C12H27N3S. The van der Waals surface area contributed by atoms with Crippen LogP contribution in [0, 0.1) is 11.8 Å². The summed E-state index contributed by atoms with van der Waals surface area (Å²) in [5.74, 6) is 1.19. The summed E-state index contributed by atoms with van der Waals surface area (Å²) in [6.45, 7) is 10.7. The Morgan fingerprint density at radius 3 is 2.12 bits per heavy atom. The number of rotatable bonds is 6. The van der Waals surface area contributed by atoms with Gasteiger partial charge in [0.05, 0.1) is 0 Å². The molecule has 0 spiro atoms. The molecule has 16 heavy (non-hydrogen) atoms. The van der Waals surface area contributed by atoms with E-state index in [1.54, 1.807) is 0 Å². The fourth-order valence-corrected chi connectivity index (χ4v) is 1.57. The van der Waals surface area contributed by atoms with Crippen LogP contribution in [0.4, 0.5) is 0 Å². The van der Waals surface area contributed by atoms with E-state index in [0.29, 0.717) is 17.9 Å². The van der Waals surface area contributed by atoms with Gasteiger partial charge in [0.25, 0.3) is 0 Å². The van der Waals surface area contributed by atoms with Crippen molar-refractivity contribution < 1.29 is 0 Å². The highest BCUT2D eigenvalue weighted by atomic mass is 32.1. The third-order valence-electron chi connectivity index (χ3n) is 2.35. The summed E-state index contributed by atoms with van der Waals surface area (Å²) in [7, 11) is 4.17. The van der Waals surface area contributed by atoms with E-state index in [0.717, 1.165) is 18.2 Å². The first-order valence-electron chi connectivity index (χ1n) is 6.02. The molecule has 0 aliphatic rings. The largest absolute Gasteiger partial charge is 0.362 e. The summed E-state index contributed by atoms with van der Waals surface area (Å²) >= 11 is 5.28. The Morgan fingerprint density at radius 1 is 1.19 bits per heavy atom. The molecule has 0 bridgehead atoms. The van der Waals surface area contributed by atoms with Gasteiger partial charge in [0.2, 0.25) is 0 Å². The highest BCUT2D eigenvalue weighted by Crippen LogP contribution is 2.02. The van der Waals surface area contributed by atoms with Crippen molar-refractivity contribution in [1.82, 2.24) is 15.5 Å². The zero-order valence-corrected chi connectivity index (χ0v) is 12.3. The fourth-order valence-electron chi connectivity index (χ4n) is 1.33. The van der Waals surface area contributed by atoms with E-state index >= 15 is 0 Å². The number of hydrogen-bond acceptors (Lipinski definition) is 2. The molecule has 0 heterocycles. The van der Waals surface area contributed by atoms with E-state index in [-0.39, 0.29) is 0 Å². The second kappa shape index (κ2) is 7.85. The van der Waals surface area contributed by atoms with E-state index in [1.165, 1.54) is 0 Å². The first-order chi connectivity index (χ1) is 7.32. The fraction of sp³-hybridized carbons (Fsp3) is 0.917. The second-order valence-electron chi connectivity index (χ2n) is 5.36. The van der Waals surface area contributed by atoms with Gasteiger partial charge in [-0.1, -0.05) is 27.7 Å². The van der Waals surface area contributed by atoms with E-state index in [2.05, 4.69) is 57.3 Å². The van der Waals surface area contributed by atoms with E-state index in [9.17, 15) is 0 Å². The number of likely N-dealkylation sites (N-methyl/N-ethyl adjacent to an activating group) is 1. The Balaban J connectivity index is 4.03. The Kier molecular flexibility index (Phi) is 7.68. The molecule has 0 amide bonds. The summed E-state index contributed by atoms with van der Waals surface area (Å²) in [4.78, 5) is 2.18. The van der Waals surface area contributed by atoms with Crippen LogP contribution >= 0.6 is 12.2 Å². The van der Waals surface area contributed by atoms with Crippen molar-refractivity contribution in [3.05, 3.63) is 0 Å². The average Bonchev–Trinajstić information content (AvgIpc) is 2.12. The topological polar surface area (TPSA) is 27.3 Å². The second-order valence-corrected chi connectivity index (χ2v) is 5.77. The standard InChI is InChI=1S/C12H27N3S/c1-9(2)7-13-12(16)14-11(10(3)4)8-15(5)6/h9-11H,7-8H2,1-6H3,(H2,13,14,16). The molecule has 2 N–H and O–H groups in total. The lowest BCUT2D eigenvalue weighted by molar-refractivity contribution is 0.312. The maximum atomic E-state index is 5.28. The smallest absolute Gasteiger partial charge is 0.166 e. The highest BCUT2D eigenvalue weighted by molar-refractivity contribution is 7.80. The Morgan fingerprint density at radius 2 is 1.75 bits per heavy atom. The van der Waals surface area contributed by atoms with Crippen LogP contribution in [0.5, 0.6) is 0 Å². The summed E-state index contributed by atoms with van der Waals surface area (Å²) in [6.07, 6.45) is 0. The van der Waals surface area contributed by atoms with Gasteiger partial charge >= 0.3 is 0 Å². The van der Waals surface area contributed by atoms with Crippen LogP contribution in [-0.4, -0.2) is 43.2 Å². The van der Waals surface area contributed by atoms with E-state index in [4.69, 9.17) is 12.2 Å². The minimum atomic E-state index is 0.405. The molecule has 3 nitrogen and oxygen atoms in total. The van der Waals surface area contributed by atoms with Crippen molar-refractivity contribution in [3.8, 4) is 0 Å². The molecule has 0 fully saturated rings. The molecule has 0 aromatic rings. The zero-order chi connectivity index (χ0) is 12.7.